The molecule has 142 valence electrons. The molecule has 28 heavy (non-hydrogen) atoms. The van der Waals surface area contributed by atoms with Crippen LogP contribution in [-0.4, -0.2) is 32.5 Å². The topological polar surface area (TPSA) is 101 Å². The van der Waals surface area contributed by atoms with Crippen molar-refractivity contribution in [2.45, 2.75) is 13.0 Å². The molecule has 0 bridgehead atoms. The van der Waals surface area contributed by atoms with Crippen molar-refractivity contribution in [1.82, 2.24) is 9.78 Å². The van der Waals surface area contributed by atoms with E-state index in [2.05, 4.69) is 10.4 Å². The van der Waals surface area contributed by atoms with Crippen molar-refractivity contribution in [3.05, 3.63) is 82.6 Å². The third-order valence-corrected chi connectivity index (χ3v) is 4.38. The van der Waals surface area contributed by atoms with Crippen LogP contribution in [0, 0.1) is 0 Å². The number of hydrogen-bond acceptors (Lipinski definition) is 4. The summed E-state index contributed by atoms with van der Waals surface area (Å²) in [6.07, 6.45) is 2.43. The Morgan fingerprint density at radius 2 is 1.82 bits per heavy atom. The van der Waals surface area contributed by atoms with E-state index in [1.165, 1.54) is 23.1 Å². The number of nitrogens with zero attached hydrogens (tertiary/aromatic N) is 2. The number of carbonyl (C=O) groups excluding carboxylic acids is 2. The van der Waals surface area contributed by atoms with Crippen LogP contribution in [0.25, 0.3) is 0 Å². The highest BCUT2D eigenvalue weighted by atomic mass is 35.5. The third kappa shape index (κ3) is 4.10. The van der Waals surface area contributed by atoms with Gasteiger partial charge < -0.3 is 10.4 Å². The molecule has 3 rings (SSSR count). The summed E-state index contributed by atoms with van der Waals surface area (Å²) < 4.78 is 1.24. The Morgan fingerprint density at radius 1 is 1.11 bits per heavy atom. The highest BCUT2D eigenvalue weighted by Gasteiger charge is 2.21. The van der Waals surface area contributed by atoms with E-state index in [0.717, 1.165) is 0 Å². The lowest BCUT2D eigenvalue weighted by molar-refractivity contribution is -0.119. The minimum Gasteiger partial charge on any atom is -0.478 e. The number of rotatable bonds is 6. The second-order valence-electron chi connectivity index (χ2n) is 6.06. The number of nitrogens with one attached hydrogen (secondary N) is 1. The first-order chi connectivity index (χ1) is 13.4. The van der Waals surface area contributed by atoms with E-state index in [4.69, 9.17) is 16.7 Å². The smallest absolute Gasteiger partial charge is 0.338 e. The molecule has 1 amide bonds. The van der Waals surface area contributed by atoms with Crippen LogP contribution in [0.1, 0.15) is 39.2 Å². The first kappa shape index (κ1) is 19.3. The number of carbonyl (C=O) groups is 3. The van der Waals surface area contributed by atoms with Crippen LogP contribution >= 0.6 is 11.6 Å². The fourth-order valence-electron chi connectivity index (χ4n) is 2.58. The zero-order valence-corrected chi connectivity index (χ0v) is 15.6. The highest BCUT2D eigenvalue weighted by molar-refractivity contribution is 6.31. The van der Waals surface area contributed by atoms with Crippen LogP contribution in [0.3, 0.4) is 0 Å². The van der Waals surface area contributed by atoms with E-state index in [0.29, 0.717) is 16.3 Å². The Bertz CT molecular complexity index is 1050. The van der Waals surface area contributed by atoms with E-state index in [1.54, 1.807) is 49.4 Å². The summed E-state index contributed by atoms with van der Waals surface area (Å²) in [5, 5.41) is 16.0. The third-order valence-electron chi connectivity index (χ3n) is 4.14. The minimum absolute atomic E-state index is 0.0221. The summed E-state index contributed by atoms with van der Waals surface area (Å²) in [4.78, 5) is 36.4. The lowest BCUT2D eigenvalue weighted by atomic mass is 10.0. The second-order valence-corrected chi connectivity index (χ2v) is 6.50. The Morgan fingerprint density at radius 3 is 2.46 bits per heavy atom. The molecule has 0 saturated heterocycles. The molecule has 8 heteroatoms. The largest absolute Gasteiger partial charge is 0.478 e. The van der Waals surface area contributed by atoms with Gasteiger partial charge in [-0.15, -0.1) is 0 Å². The highest BCUT2D eigenvalue weighted by Crippen LogP contribution is 2.24. The van der Waals surface area contributed by atoms with Crippen LogP contribution in [0.4, 0.5) is 5.69 Å². The average molecular weight is 398 g/mol. The number of halogens is 1. The van der Waals surface area contributed by atoms with Crippen molar-refractivity contribution in [3.8, 4) is 0 Å². The van der Waals surface area contributed by atoms with Gasteiger partial charge in [-0.1, -0.05) is 41.9 Å². The van der Waals surface area contributed by atoms with Gasteiger partial charge in [-0.3, -0.25) is 14.3 Å². The molecule has 0 spiro atoms. The Hall–Kier alpha value is -3.45. The number of carboxylic acid groups (broad SMARTS) is 1. The summed E-state index contributed by atoms with van der Waals surface area (Å²) in [7, 11) is 0. The number of anilines is 1. The molecular weight excluding hydrogens is 382 g/mol. The normalized spacial score (nSPS) is 11.6. The first-order valence-electron chi connectivity index (χ1n) is 8.34. The van der Waals surface area contributed by atoms with Gasteiger partial charge in [0.1, 0.15) is 6.04 Å². The number of aromatic nitrogens is 2. The second kappa shape index (κ2) is 8.06. The molecule has 2 N–H and O–H groups in total. The Labute approximate surface area is 165 Å². The quantitative estimate of drug-likeness (QED) is 0.618. The number of ketones is 1. The van der Waals surface area contributed by atoms with Crippen molar-refractivity contribution in [2.24, 2.45) is 0 Å². The van der Waals surface area contributed by atoms with E-state index >= 15 is 0 Å². The lowest BCUT2D eigenvalue weighted by Crippen LogP contribution is -2.25. The Kier molecular flexibility index (Phi) is 5.56. The van der Waals surface area contributed by atoms with Crippen molar-refractivity contribution in [2.75, 3.05) is 5.32 Å². The maximum Gasteiger partial charge on any atom is 0.338 e. The number of hydrogen-bond donors (Lipinski definition) is 2. The molecule has 1 unspecified atom stereocenters. The van der Waals surface area contributed by atoms with Crippen molar-refractivity contribution < 1.29 is 19.5 Å². The van der Waals surface area contributed by atoms with E-state index in [-0.39, 0.29) is 16.9 Å². The van der Waals surface area contributed by atoms with Gasteiger partial charge in [0.25, 0.3) is 0 Å². The fraction of sp³-hybridized carbons (Fsp3) is 0.100. The van der Waals surface area contributed by atoms with Gasteiger partial charge in [0.2, 0.25) is 5.91 Å². The molecule has 2 aromatic carbocycles. The Balaban J connectivity index is 1.86. The number of aromatic carboxylic acids is 1. The fourth-order valence-corrected chi connectivity index (χ4v) is 2.75. The molecular formula is C20H16ClN3O4. The van der Waals surface area contributed by atoms with Crippen LogP contribution in [-0.2, 0) is 4.79 Å². The SMILES string of the molecule is CC(C(=O)Nc1ccc(Cl)cc1C(=O)c1ccccc1)n1cc(C(=O)O)cn1. The van der Waals surface area contributed by atoms with Gasteiger partial charge in [-0.2, -0.15) is 5.10 Å². The van der Waals surface area contributed by atoms with Crippen molar-refractivity contribution in [3.63, 3.8) is 0 Å². The van der Waals surface area contributed by atoms with E-state index in [1.807, 2.05) is 0 Å². The van der Waals surface area contributed by atoms with Gasteiger partial charge in [-0.25, -0.2) is 4.79 Å². The van der Waals surface area contributed by atoms with Crippen LogP contribution in [0.2, 0.25) is 5.02 Å². The van der Waals surface area contributed by atoms with E-state index < -0.39 is 17.9 Å². The lowest BCUT2D eigenvalue weighted by Gasteiger charge is -2.15. The summed E-state index contributed by atoms with van der Waals surface area (Å²) in [6, 6.07) is 12.5. The standard InChI is InChI=1S/C20H16ClN3O4/c1-12(24-11-14(10-22-24)20(27)28)19(26)23-17-8-7-15(21)9-16(17)18(25)13-5-3-2-4-6-13/h2-12H,1H3,(H,23,26)(H,27,28). The van der Waals surface area contributed by atoms with E-state index in [9.17, 15) is 14.4 Å². The van der Waals surface area contributed by atoms with Crippen LogP contribution in [0.5, 0.6) is 0 Å². The molecule has 0 aliphatic rings. The zero-order valence-electron chi connectivity index (χ0n) is 14.8. The molecule has 7 nitrogen and oxygen atoms in total. The molecule has 0 aliphatic carbocycles. The summed E-state index contributed by atoms with van der Waals surface area (Å²) in [5.41, 5.74) is 1.00. The van der Waals surface area contributed by atoms with Crippen molar-refractivity contribution in [1.29, 1.82) is 0 Å². The molecule has 0 fully saturated rings. The zero-order chi connectivity index (χ0) is 20.3. The van der Waals surface area contributed by atoms with Gasteiger partial charge in [0, 0.05) is 22.3 Å². The molecule has 1 atom stereocenters. The molecule has 0 aliphatic heterocycles. The summed E-state index contributed by atoms with van der Waals surface area (Å²) in [6.45, 7) is 1.57. The molecule has 0 radical (unpaired) electrons. The van der Waals surface area contributed by atoms with Crippen LogP contribution in [0.15, 0.2) is 60.9 Å². The number of amides is 1. The number of carboxylic acids is 1. The van der Waals surface area contributed by atoms with Gasteiger partial charge in [0.15, 0.2) is 5.78 Å². The monoisotopic (exact) mass is 397 g/mol. The minimum atomic E-state index is -1.13. The maximum atomic E-state index is 12.8. The van der Waals surface area contributed by atoms with Gasteiger partial charge in [0.05, 0.1) is 17.4 Å². The van der Waals surface area contributed by atoms with Gasteiger partial charge in [-0.05, 0) is 25.1 Å². The maximum absolute atomic E-state index is 12.8. The number of benzene rings is 2. The van der Waals surface area contributed by atoms with Crippen molar-refractivity contribution >= 4 is 34.9 Å². The predicted molar refractivity (Wildman–Crippen MR) is 104 cm³/mol. The molecule has 3 aromatic rings. The first-order valence-corrected chi connectivity index (χ1v) is 8.72. The van der Waals surface area contributed by atoms with Gasteiger partial charge >= 0.3 is 5.97 Å². The summed E-state index contributed by atoms with van der Waals surface area (Å²) >= 11 is 6.04. The predicted octanol–water partition coefficient (Wildman–Crippen LogP) is 3.67. The molecule has 0 saturated carbocycles. The van der Waals surface area contributed by atoms with Crippen LogP contribution < -0.4 is 5.32 Å². The molecule has 1 aromatic heterocycles. The molecule has 1 heterocycles. The summed E-state index contributed by atoms with van der Waals surface area (Å²) in [5.74, 6) is -1.87. The average Bonchev–Trinajstić information content (AvgIpc) is 3.19.